The Balaban J connectivity index is 4.44. The van der Waals surface area contributed by atoms with E-state index in [9.17, 15) is 13.6 Å². The maximum Gasteiger partial charge on any atom is 0.372 e. The van der Waals surface area contributed by atoms with Gasteiger partial charge in [-0.05, 0) is 0 Å². The standard InChI is InChI=1S/C8H10F2INO/c1-3-5-12(6-4-2)7(13)8(9,10)11/h3-4H,1-2,5-6H2. The molecule has 0 rings (SSSR count). The van der Waals surface area contributed by atoms with Crippen LogP contribution in [-0.2, 0) is 4.79 Å². The van der Waals surface area contributed by atoms with Crippen LogP contribution in [0.1, 0.15) is 0 Å². The van der Waals surface area contributed by atoms with Crippen LogP contribution in [0.2, 0.25) is 0 Å². The maximum absolute atomic E-state index is 12.5. The lowest BCUT2D eigenvalue weighted by molar-refractivity contribution is -0.143. The van der Waals surface area contributed by atoms with Gasteiger partial charge in [-0.1, -0.05) is 12.2 Å². The SMILES string of the molecule is C=CCN(CC=C)C(=O)C(F)(F)I. The Kier molecular flexibility index (Phi) is 5.12. The van der Waals surface area contributed by atoms with Crippen LogP contribution in [0.15, 0.2) is 25.3 Å². The fourth-order valence-corrected chi connectivity index (χ4v) is 1.07. The van der Waals surface area contributed by atoms with E-state index in [-0.39, 0.29) is 13.1 Å². The predicted octanol–water partition coefficient (Wildman–Crippen LogP) is 2.21. The Bertz CT molecular complexity index is 203. The van der Waals surface area contributed by atoms with E-state index in [4.69, 9.17) is 0 Å². The molecule has 0 radical (unpaired) electrons. The van der Waals surface area contributed by atoms with Gasteiger partial charge in [-0.25, -0.2) is 0 Å². The molecule has 0 unspecified atom stereocenters. The van der Waals surface area contributed by atoms with E-state index in [1.807, 2.05) is 0 Å². The van der Waals surface area contributed by atoms with E-state index in [1.165, 1.54) is 12.2 Å². The van der Waals surface area contributed by atoms with Gasteiger partial charge in [0.15, 0.2) is 0 Å². The summed E-state index contributed by atoms with van der Waals surface area (Å²) in [5.74, 6) is -1.21. The molecule has 74 valence electrons. The number of hydrogen-bond acceptors (Lipinski definition) is 1. The minimum Gasteiger partial charge on any atom is -0.329 e. The Morgan fingerprint density at radius 3 is 2.00 bits per heavy atom. The van der Waals surface area contributed by atoms with Gasteiger partial charge in [-0.3, -0.25) is 4.79 Å². The minimum absolute atomic E-state index is 0.101. The average molecular weight is 301 g/mol. The van der Waals surface area contributed by atoms with Crippen LogP contribution in [0.25, 0.3) is 0 Å². The maximum atomic E-state index is 12.5. The summed E-state index contributed by atoms with van der Waals surface area (Å²) in [6, 6.07) is 0. The molecule has 0 saturated carbocycles. The van der Waals surface area contributed by atoms with Crippen molar-refractivity contribution < 1.29 is 13.6 Å². The van der Waals surface area contributed by atoms with Crippen molar-refractivity contribution in [2.24, 2.45) is 0 Å². The molecule has 0 N–H and O–H groups in total. The van der Waals surface area contributed by atoms with Crippen molar-refractivity contribution in [3.05, 3.63) is 25.3 Å². The number of alkyl halides is 3. The summed E-state index contributed by atoms with van der Waals surface area (Å²) in [6.07, 6.45) is 2.79. The molecule has 5 heteroatoms. The van der Waals surface area contributed by atoms with Crippen molar-refractivity contribution in [3.8, 4) is 0 Å². The van der Waals surface area contributed by atoms with Crippen LogP contribution in [0.4, 0.5) is 8.78 Å². The van der Waals surface area contributed by atoms with Crippen LogP contribution in [-0.4, -0.2) is 27.8 Å². The first kappa shape index (κ1) is 12.5. The highest BCUT2D eigenvalue weighted by Crippen LogP contribution is 2.24. The summed E-state index contributed by atoms with van der Waals surface area (Å²) in [6.45, 7) is 6.94. The zero-order valence-corrected chi connectivity index (χ0v) is 9.13. The summed E-state index contributed by atoms with van der Waals surface area (Å²) >= 11 is 0.804. The van der Waals surface area contributed by atoms with Crippen molar-refractivity contribution >= 4 is 28.5 Å². The zero-order chi connectivity index (χ0) is 10.5. The molecule has 0 aromatic rings. The number of carbonyl (C=O) groups excluding carboxylic acids is 1. The molecule has 0 aliphatic rings. The Morgan fingerprint density at radius 2 is 1.77 bits per heavy atom. The van der Waals surface area contributed by atoms with Crippen molar-refractivity contribution in [2.75, 3.05) is 13.1 Å². The molecule has 0 aromatic heterocycles. The second-order valence-electron chi connectivity index (χ2n) is 2.29. The molecule has 0 fully saturated rings. The fraction of sp³-hybridized carbons (Fsp3) is 0.375. The number of carbonyl (C=O) groups is 1. The Morgan fingerprint density at radius 1 is 1.38 bits per heavy atom. The first-order valence-electron chi connectivity index (χ1n) is 3.51. The molecular weight excluding hydrogens is 291 g/mol. The van der Waals surface area contributed by atoms with Gasteiger partial charge in [0.1, 0.15) is 0 Å². The van der Waals surface area contributed by atoms with Gasteiger partial charge < -0.3 is 4.90 Å². The molecule has 0 aliphatic carbocycles. The van der Waals surface area contributed by atoms with Gasteiger partial charge in [0.2, 0.25) is 0 Å². The molecule has 13 heavy (non-hydrogen) atoms. The van der Waals surface area contributed by atoms with Gasteiger partial charge in [0, 0.05) is 35.7 Å². The Labute approximate surface area is 89.4 Å². The number of nitrogens with zero attached hydrogens (tertiary/aromatic N) is 1. The van der Waals surface area contributed by atoms with Gasteiger partial charge in [0.05, 0.1) is 0 Å². The molecule has 0 saturated heterocycles. The van der Waals surface area contributed by atoms with Gasteiger partial charge in [-0.2, -0.15) is 8.78 Å². The highest BCUT2D eigenvalue weighted by molar-refractivity contribution is 14.1. The quantitative estimate of drug-likeness (QED) is 0.433. The van der Waals surface area contributed by atoms with E-state index >= 15 is 0 Å². The summed E-state index contributed by atoms with van der Waals surface area (Å²) < 4.78 is 21.7. The third-order valence-electron chi connectivity index (χ3n) is 1.23. The molecule has 0 spiro atoms. The molecule has 1 amide bonds. The average Bonchev–Trinajstić information content (AvgIpc) is 2.01. The van der Waals surface area contributed by atoms with Gasteiger partial charge >= 0.3 is 9.84 Å². The monoisotopic (exact) mass is 301 g/mol. The van der Waals surface area contributed by atoms with E-state index in [0.717, 1.165) is 27.5 Å². The second-order valence-corrected chi connectivity index (χ2v) is 3.64. The van der Waals surface area contributed by atoms with Crippen LogP contribution < -0.4 is 0 Å². The fourth-order valence-electron chi connectivity index (χ4n) is 0.731. The topological polar surface area (TPSA) is 20.3 Å². The predicted molar refractivity (Wildman–Crippen MR) is 55.9 cm³/mol. The van der Waals surface area contributed by atoms with E-state index < -0.39 is 9.84 Å². The zero-order valence-electron chi connectivity index (χ0n) is 6.97. The largest absolute Gasteiger partial charge is 0.372 e. The van der Waals surface area contributed by atoms with Gasteiger partial charge in [-0.15, -0.1) is 13.2 Å². The third kappa shape index (κ3) is 4.35. The summed E-state index contributed by atoms with van der Waals surface area (Å²) in [7, 11) is 0. The summed E-state index contributed by atoms with van der Waals surface area (Å²) in [5, 5.41) is 0. The molecule has 0 aromatic carbocycles. The van der Waals surface area contributed by atoms with Crippen molar-refractivity contribution in [2.45, 2.75) is 3.93 Å². The van der Waals surface area contributed by atoms with Crippen LogP contribution >= 0.6 is 22.6 Å². The minimum atomic E-state index is -3.36. The van der Waals surface area contributed by atoms with Crippen molar-refractivity contribution in [3.63, 3.8) is 0 Å². The third-order valence-corrected chi connectivity index (χ3v) is 1.69. The number of hydrogen-bond donors (Lipinski definition) is 0. The van der Waals surface area contributed by atoms with Crippen LogP contribution in [0, 0.1) is 0 Å². The number of rotatable bonds is 5. The lowest BCUT2D eigenvalue weighted by atomic mass is 10.4. The first-order chi connectivity index (χ1) is 5.93. The molecule has 0 bridgehead atoms. The Hall–Kier alpha value is -0.460. The first-order valence-corrected chi connectivity index (χ1v) is 4.59. The van der Waals surface area contributed by atoms with Crippen LogP contribution in [0.3, 0.4) is 0 Å². The van der Waals surface area contributed by atoms with Crippen molar-refractivity contribution in [1.82, 2.24) is 4.90 Å². The second kappa shape index (κ2) is 5.31. The van der Waals surface area contributed by atoms with Crippen molar-refractivity contribution in [1.29, 1.82) is 0 Å². The summed E-state index contributed by atoms with van der Waals surface area (Å²) in [5.41, 5.74) is 0. The van der Waals surface area contributed by atoms with Crippen LogP contribution in [0.5, 0.6) is 0 Å². The molecular formula is C8H10F2INO. The van der Waals surface area contributed by atoms with E-state index in [1.54, 1.807) is 0 Å². The molecule has 0 atom stereocenters. The van der Waals surface area contributed by atoms with E-state index in [2.05, 4.69) is 13.2 Å². The van der Waals surface area contributed by atoms with Gasteiger partial charge in [0.25, 0.3) is 0 Å². The summed E-state index contributed by atoms with van der Waals surface area (Å²) in [4.78, 5) is 12.0. The normalized spacial score (nSPS) is 10.7. The lowest BCUT2D eigenvalue weighted by Crippen LogP contribution is -2.40. The molecule has 0 heterocycles. The van der Waals surface area contributed by atoms with E-state index in [0.29, 0.717) is 0 Å². The highest BCUT2D eigenvalue weighted by Gasteiger charge is 2.37. The number of halogens is 3. The molecule has 2 nitrogen and oxygen atoms in total. The lowest BCUT2D eigenvalue weighted by Gasteiger charge is -2.21. The highest BCUT2D eigenvalue weighted by atomic mass is 127. The number of amides is 1. The molecule has 0 aliphatic heterocycles. The smallest absolute Gasteiger partial charge is 0.329 e.